The fourth-order valence-corrected chi connectivity index (χ4v) is 2.11. The Morgan fingerprint density at radius 3 is 2.83 bits per heavy atom. The van der Waals surface area contributed by atoms with E-state index in [1.54, 1.807) is 7.11 Å². The molecule has 2 aromatic heterocycles. The summed E-state index contributed by atoms with van der Waals surface area (Å²) in [6, 6.07) is 9.79. The molecule has 0 fully saturated rings. The molecule has 0 aliphatic rings. The summed E-state index contributed by atoms with van der Waals surface area (Å²) >= 11 is 0. The summed E-state index contributed by atoms with van der Waals surface area (Å²) in [6.07, 6.45) is 0.484. The van der Waals surface area contributed by atoms with Gasteiger partial charge in [-0.25, -0.2) is 0 Å². The standard InChI is InChI=1S/C13H13N3O2/c1-18-10-4-2-9-3-5-12-14-15-13(6-7-17)16(12)11(9)8-10/h2-5,8,17H,6-7H2,1H3. The first-order valence-corrected chi connectivity index (χ1v) is 5.75. The normalized spacial score (nSPS) is 11.2. The third-order valence-electron chi connectivity index (χ3n) is 2.98. The zero-order valence-electron chi connectivity index (χ0n) is 10.00. The second kappa shape index (κ2) is 4.27. The van der Waals surface area contributed by atoms with Crippen molar-refractivity contribution >= 4 is 16.6 Å². The van der Waals surface area contributed by atoms with Gasteiger partial charge in [-0.15, -0.1) is 10.2 Å². The average Bonchev–Trinajstić information content (AvgIpc) is 2.82. The van der Waals surface area contributed by atoms with E-state index < -0.39 is 0 Å². The van der Waals surface area contributed by atoms with E-state index in [1.807, 2.05) is 34.7 Å². The van der Waals surface area contributed by atoms with Crippen LogP contribution in [0.15, 0.2) is 30.3 Å². The maximum Gasteiger partial charge on any atom is 0.161 e. The molecule has 1 N–H and O–H groups in total. The highest BCUT2D eigenvalue weighted by Crippen LogP contribution is 2.22. The molecule has 5 heteroatoms. The van der Waals surface area contributed by atoms with Gasteiger partial charge in [0, 0.05) is 12.5 Å². The molecule has 3 rings (SSSR count). The van der Waals surface area contributed by atoms with Crippen molar-refractivity contribution in [2.75, 3.05) is 13.7 Å². The van der Waals surface area contributed by atoms with Crippen LogP contribution in [0.2, 0.25) is 0 Å². The molecule has 18 heavy (non-hydrogen) atoms. The summed E-state index contributed by atoms with van der Waals surface area (Å²) in [5.74, 6) is 1.55. The minimum Gasteiger partial charge on any atom is -0.497 e. The molecule has 92 valence electrons. The number of rotatable bonds is 3. The molecular weight excluding hydrogens is 230 g/mol. The Labute approximate surface area is 104 Å². The first-order chi connectivity index (χ1) is 8.83. The number of aromatic nitrogens is 3. The van der Waals surface area contributed by atoms with Crippen molar-refractivity contribution in [3.63, 3.8) is 0 Å². The largest absolute Gasteiger partial charge is 0.497 e. The topological polar surface area (TPSA) is 59.7 Å². The Balaban J connectivity index is 2.37. The maximum atomic E-state index is 9.06. The highest BCUT2D eigenvalue weighted by atomic mass is 16.5. The van der Waals surface area contributed by atoms with Crippen LogP contribution in [0.25, 0.3) is 16.6 Å². The monoisotopic (exact) mass is 243 g/mol. The van der Waals surface area contributed by atoms with E-state index in [-0.39, 0.29) is 6.61 Å². The molecule has 0 radical (unpaired) electrons. The van der Waals surface area contributed by atoms with E-state index in [2.05, 4.69) is 10.2 Å². The molecule has 0 saturated heterocycles. The molecule has 0 bridgehead atoms. The summed E-state index contributed by atoms with van der Waals surface area (Å²) in [4.78, 5) is 0. The van der Waals surface area contributed by atoms with Gasteiger partial charge < -0.3 is 9.84 Å². The highest BCUT2D eigenvalue weighted by molar-refractivity contribution is 5.83. The van der Waals surface area contributed by atoms with Crippen LogP contribution < -0.4 is 4.74 Å². The predicted molar refractivity (Wildman–Crippen MR) is 67.8 cm³/mol. The molecule has 0 amide bonds. The van der Waals surface area contributed by atoms with Gasteiger partial charge in [0.1, 0.15) is 11.6 Å². The number of benzene rings is 1. The van der Waals surface area contributed by atoms with Crippen LogP contribution in [0.5, 0.6) is 5.75 Å². The molecule has 5 nitrogen and oxygen atoms in total. The van der Waals surface area contributed by atoms with Crippen molar-refractivity contribution in [2.24, 2.45) is 0 Å². The number of aliphatic hydroxyl groups is 1. The lowest BCUT2D eigenvalue weighted by atomic mass is 10.2. The Bertz CT molecular complexity index is 706. The first kappa shape index (κ1) is 11.0. The average molecular weight is 243 g/mol. The maximum absolute atomic E-state index is 9.06. The van der Waals surface area contributed by atoms with Crippen molar-refractivity contribution in [1.29, 1.82) is 0 Å². The lowest BCUT2D eigenvalue weighted by Crippen LogP contribution is -1.99. The van der Waals surface area contributed by atoms with Gasteiger partial charge in [0.05, 0.1) is 19.2 Å². The van der Waals surface area contributed by atoms with E-state index in [4.69, 9.17) is 9.84 Å². The van der Waals surface area contributed by atoms with Gasteiger partial charge in [0.15, 0.2) is 5.65 Å². The SMILES string of the molecule is COc1ccc2ccc3nnc(CCO)n3c2c1. The molecule has 0 atom stereocenters. The van der Waals surface area contributed by atoms with Gasteiger partial charge in [0.25, 0.3) is 0 Å². The van der Waals surface area contributed by atoms with E-state index in [0.717, 1.165) is 28.1 Å². The zero-order chi connectivity index (χ0) is 12.5. The van der Waals surface area contributed by atoms with E-state index in [9.17, 15) is 0 Å². The number of hydrogen-bond donors (Lipinski definition) is 1. The van der Waals surface area contributed by atoms with Crippen LogP contribution in [0, 0.1) is 0 Å². The molecule has 0 saturated carbocycles. The van der Waals surface area contributed by atoms with Crippen LogP contribution >= 0.6 is 0 Å². The third kappa shape index (κ3) is 1.60. The van der Waals surface area contributed by atoms with Crippen molar-refractivity contribution in [3.05, 3.63) is 36.2 Å². The number of hydrogen-bond acceptors (Lipinski definition) is 4. The van der Waals surface area contributed by atoms with Crippen molar-refractivity contribution in [1.82, 2.24) is 14.6 Å². The molecule has 1 aromatic carbocycles. The van der Waals surface area contributed by atoms with Gasteiger partial charge in [0.2, 0.25) is 0 Å². The Morgan fingerprint density at radius 2 is 2.06 bits per heavy atom. The summed E-state index contributed by atoms with van der Waals surface area (Å²) in [5.41, 5.74) is 1.76. The zero-order valence-corrected chi connectivity index (χ0v) is 10.00. The minimum atomic E-state index is 0.0567. The van der Waals surface area contributed by atoms with E-state index in [1.165, 1.54) is 0 Å². The van der Waals surface area contributed by atoms with Crippen molar-refractivity contribution in [2.45, 2.75) is 6.42 Å². The van der Waals surface area contributed by atoms with Crippen LogP contribution in [-0.2, 0) is 6.42 Å². The summed E-state index contributed by atoms with van der Waals surface area (Å²) in [5, 5.41) is 18.4. The summed E-state index contributed by atoms with van der Waals surface area (Å²) < 4.78 is 7.20. The fraction of sp³-hybridized carbons (Fsp3) is 0.231. The third-order valence-corrected chi connectivity index (χ3v) is 2.98. The van der Waals surface area contributed by atoms with E-state index in [0.29, 0.717) is 6.42 Å². The van der Waals surface area contributed by atoms with Gasteiger partial charge in [-0.1, -0.05) is 0 Å². The van der Waals surface area contributed by atoms with Gasteiger partial charge >= 0.3 is 0 Å². The Hall–Kier alpha value is -2.14. The molecule has 0 unspecified atom stereocenters. The highest BCUT2D eigenvalue weighted by Gasteiger charge is 2.08. The second-order valence-corrected chi connectivity index (χ2v) is 4.04. The Kier molecular flexibility index (Phi) is 2.60. The number of fused-ring (bicyclic) bond motifs is 3. The Morgan fingerprint density at radius 1 is 1.22 bits per heavy atom. The quantitative estimate of drug-likeness (QED) is 0.756. The lowest BCUT2D eigenvalue weighted by molar-refractivity contribution is 0.296. The summed E-state index contributed by atoms with van der Waals surface area (Å²) in [7, 11) is 1.64. The minimum absolute atomic E-state index is 0.0567. The van der Waals surface area contributed by atoms with Gasteiger partial charge in [-0.2, -0.15) is 0 Å². The van der Waals surface area contributed by atoms with Crippen LogP contribution in [0.3, 0.4) is 0 Å². The molecular formula is C13H13N3O2. The van der Waals surface area contributed by atoms with Crippen LogP contribution in [-0.4, -0.2) is 33.4 Å². The summed E-state index contributed by atoms with van der Waals surface area (Å²) in [6.45, 7) is 0.0567. The number of pyridine rings is 1. The fourth-order valence-electron chi connectivity index (χ4n) is 2.11. The molecule has 2 heterocycles. The van der Waals surface area contributed by atoms with Crippen LogP contribution in [0.1, 0.15) is 5.82 Å². The molecule has 0 aliphatic carbocycles. The predicted octanol–water partition coefficient (Wildman–Crippen LogP) is 1.43. The van der Waals surface area contributed by atoms with Gasteiger partial charge in [-0.3, -0.25) is 4.40 Å². The number of ether oxygens (including phenoxy) is 1. The molecule has 0 spiro atoms. The second-order valence-electron chi connectivity index (χ2n) is 4.04. The van der Waals surface area contributed by atoms with Crippen LogP contribution in [0.4, 0.5) is 0 Å². The lowest BCUT2D eigenvalue weighted by Gasteiger charge is -2.06. The number of nitrogens with zero attached hydrogens (tertiary/aromatic N) is 3. The molecule has 0 aliphatic heterocycles. The smallest absolute Gasteiger partial charge is 0.161 e. The number of methoxy groups -OCH3 is 1. The van der Waals surface area contributed by atoms with Gasteiger partial charge in [-0.05, 0) is 29.7 Å². The van der Waals surface area contributed by atoms with E-state index >= 15 is 0 Å². The van der Waals surface area contributed by atoms with Crippen molar-refractivity contribution < 1.29 is 9.84 Å². The molecule has 3 aromatic rings. The number of aliphatic hydroxyl groups excluding tert-OH is 1. The first-order valence-electron chi connectivity index (χ1n) is 5.75. The van der Waals surface area contributed by atoms with Crippen molar-refractivity contribution in [3.8, 4) is 5.75 Å².